The summed E-state index contributed by atoms with van der Waals surface area (Å²) in [5.74, 6) is 0.0540. The average molecular weight is 423 g/mol. The van der Waals surface area contributed by atoms with Gasteiger partial charge in [-0.1, -0.05) is 18.2 Å². The standard InChI is InChI=1S/C23H21NO7/c1-3-29-23(27)24-17-9-10-18-16(12-22(26)31-20(18)13-17)14-30-21(25)11-8-15-6-4-5-7-19(15)28-2/h4-13H,3,14H2,1-2H3,(H,24,27)/b11-8+. The van der Waals surface area contributed by atoms with Crippen molar-refractivity contribution in [3.05, 3.63) is 76.2 Å². The summed E-state index contributed by atoms with van der Waals surface area (Å²) in [5, 5.41) is 3.12. The van der Waals surface area contributed by atoms with E-state index in [4.69, 9.17) is 18.6 Å². The minimum Gasteiger partial charge on any atom is -0.496 e. The molecule has 8 heteroatoms. The molecular weight excluding hydrogens is 402 g/mol. The summed E-state index contributed by atoms with van der Waals surface area (Å²) in [6, 6.07) is 13.3. The number of methoxy groups -OCH3 is 1. The maximum absolute atomic E-state index is 12.1. The smallest absolute Gasteiger partial charge is 0.411 e. The van der Waals surface area contributed by atoms with Crippen molar-refractivity contribution in [1.29, 1.82) is 0 Å². The van der Waals surface area contributed by atoms with Gasteiger partial charge >= 0.3 is 17.7 Å². The molecule has 1 aromatic heterocycles. The number of ether oxygens (including phenoxy) is 3. The lowest BCUT2D eigenvalue weighted by Gasteiger charge is -2.09. The van der Waals surface area contributed by atoms with E-state index in [1.54, 1.807) is 44.4 Å². The Bertz CT molecular complexity index is 1180. The Balaban J connectivity index is 1.73. The first kappa shape index (κ1) is 21.6. The molecular formula is C23H21NO7. The SMILES string of the molecule is CCOC(=O)Nc1ccc2c(COC(=O)/C=C/c3ccccc3OC)cc(=O)oc2c1. The predicted octanol–water partition coefficient (Wildman–Crippen LogP) is 4.13. The van der Waals surface area contributed by atoms with Crippen molar-refractivity contribution in [2.45, 2.75) is 13.5 Å². The number of carbonyl (C=O) groups excluding carboxylic acids is 2. The van der Waals surface area contributed by atoms with Crippen molar-refractivity contribution in [2.24, 2.45) is 0 Å². The lowest BCUT2D eigenvalue weighted by molar-refractivity contribution is -0.138. The molecule has 1 amide bonds. The first-order chi connectivity index (χ1) is 15.0. The highest BCUT2D eigenvalue weighted by Crippen LogP contribution is 2.22. The third-order valence-electron chi connectivity index (χ3n) is 4.26. The second-order valence-corrected chi connectivity index (χ2v) is 6.33. The van der Waals surface area contributed by atoms with Crippen molar-refractivity contribution < 1.29 is 28.2 Å². The van der Waals surface area contributed by atoms with Gasteiger partial charge in [-0.3, -0.25) is 5.32 Å². The van der Waals surface area contributed by atoms with Crippen LogP contribution < -0.4 is 15.7 Å². The van der Waals surface area contributed by atoms with Crippen LogP contribution in [-0.4, -0.2) is 25.8 Å². The van der Waals surface area contributed by atoms with Crippen LogP contribution in [0.3, 0.4) is 0 Å². The fraction of sp³-hybridized carbons (Fsp3) is 0.174. The molecule has 31 heavy (non-hydrogen) atoms. The number of hydrogen-bond acceptors (Lipinski definition) is 7. The zero-order valence-corrected chi connectivity index (χ0v) is 17.0. The monoisotopic (exact) mass is 423 g/mol. The van der Waals surface area contributed by atoms with Crippen molar-refractivity contribution in [1.82, 2.24) is 0 Å². The van der Waals surface area contributed by atoms with E-state index in [-0.39, 0.29) is 18.8 Å². The molecule has 1 heterocycles. The van der Waals surface area contributed by atoms with Gasteiger partial charge in [-0.25, -0.2) is 14.4 Å². The van der Waals surface area contributed by atoms with E-state index in [1.165, 1.54) is 18.2 Å². The summed E-state index contributed by atoms with van der Waals surface area (Å²) in [5.41, 5.74) is 1.26. The van der Waals surface area contributed by atoms with Crippen molar-refractivity contribution >= 4 is 34.8 Å². The fourth-order valence-electron chi connectivity index (χ4n) is 2.87. The van der Waals surface area contributed by atoms with Gasteiger partial charge in [0.15, 0.2) is 0 Å². The van der Waals surface area contributed by atoms with E-state index < -0.39 is 17.7 Å². The van der Waals surface area contributed by atoms with Crippen LogP contribution >= 0.6 is 0 Å². The van der Waals surface area contributed by atoms with Gasteiger partial charge in [0.25, 0.3) is 0 Å². The topological polar surface area (TPSA) is 104 Å². The van der Waals surface area contributed by atoms with E-state index in [1.807, 2.05) is 12.1 Å². The number of esters is 1. The second kappa shape index (κ2) is 10.1. The zero-order valence-electron chi connectivity index (χ0n) is 17.0. The number of amides is 1. The van der Waals surface area contributed by atoms with Crippen molar-refractivity contribution in [3.63, 3.8) is 0 Å². The maximum atomic E-state index is 12.1. The summed E-state index contributed by atoms with van der Waals surface area (Å²) in [6.07, 6.45) is 2.26. The Kier molecular flexibility index (Phi) is 7.05. The Morgan fingerprint density at radius 1 is 1.10 bits per heavy atom. The van der Waals surface area contributed by atoms with E-state index >= 15 is 0 Å². The number of fused-ring (bicyclic) bond motifs is 1. The Morgan fingerprint density at radius 2 is 1.90 bits per heavy atom. The van der Waals surface area contributed by atoms with Gasteiger partial charge in [0.05, 0.1) is 13.7 Å². The second-order valence-electron chi connectivity index (χ2n) is 6.33. The molecule has 0 radical (unpaired) electrons. The summed E-state index contributed by atoms with van der Waals surface area (Å²) < 4.78 is 20.5. The molecule has 0 bridgehead atoms. The van der Waals surface area contributed by atoms with Crippen LogP contribution in [0.25, 0.3) is 17.0 Å². The lowest BCUT2D eigenvalue weighted by atomic mass is 10.1. The first-order valence-electron chi connectivity index (χ1n) is 9.48. The molecule has 1 N–H and O–H groups in total. The highest BCUT2D eigenvalue weighted by Gasteiger charge is 2.10. The first-order valence-corrected chi connectivity index (χ1v) is 9.48. The van der Waals surface area contributed by atoms with Crippen molar-refractivity contribution in [2.75, 3.05) is 19.0 Å². The fourth-order valence-corrected chi connectivity index (χ4v) is 2.87. The van der Waals surface area contributed by atoms with Gasteiger partial charge in [0.1, 0.15) is 17.9 Å². The molecule has 0 aliphatic carbocycles. The lowest BCUT2D eigenvalue weighted by Crippen LogP contribution is -2.13. The van der Waals surface area contributed by atoms with E-state index in [0.29, 0.717) is 22.4 Å². The third-order valence-corrected chi connectivity index (χ3v) is 4.26. The van der Waals surface area contributed by atoms with Crippen LogP contribution in [0.2, 0.25) is 0 Å². The molecule has 3 aromatic rings. The average Bonchev–Trinajstić information content (AvgIpc) is 2.76. The zero-order chi connectivity index (χ0) is 22.2. The largest absolute Gasteiger partial charge is 0.496 e. The minimum atomic E-state index is -0.615. The molecule has 8 nitrogen and oxygen atoms in total. The molecule has 0 aliphatic rings. The molecule has 160 valence electrons. The number of anilines is 1. The van der Waals surface area contributed by atoms with Gasteiger partial charge in [-0.15, -0.1) is 0 Å². The third kappa shape index (κ3) is 5.72. The van der Waals surface area contributed by atoms with E-state index in [9.17, 15) is 14.4 Å². The molecule has 0 spiro atoms. The van der Waals surface area contributed by atoms with Crippen LogP contribution in [0.4, 0.5) is 10.5 Å². The van der Waals surface area contributed by atoms with E-state index in [0.717, 1.165) is 5.56 Å². The molecule has 3 rings (SSSR count). The van der Waals surface area contributed by atoms with Gasteiger partial charge in [0, 0.05) is 40.4 Å². The van der Waals surface area contributed by atoms with E-state index in [2.05, 4.69) is 5.32 Å². The predicted molar refractivity (Wildman–Crippen MR) is 115 cm³/mol. The summed E-state index contributed by atoms with van der Waals surface area (Å²) in [4.78, 5) is 35.6. The molecule has 2 aromatic carbocycles. The summed E-state index contributed by atoms with van der Waals surface area (Å²) in [7, 11) is 1.55. The van der Waals surface area contributed by atoms with Gasteiger partial charge in [-0.2, -0.15) is 0 Å². The molecule has 0 saturated heterocycles. The molecule has 0 aliphatic heterocycles. The number of hydrogen-bond donors (Lipinski definition) is 1. The molecule has 0 fully saturated rings. The maximum Gasteiger partial charge on any atom is 0.411 e. The molecule has 0 unspecified atom stereocenters. The van der Waals surface area contributed by atoms with Gasteiger partial charge < -0.3 is 18.6 Å². The number of para-hydroxylation sites is 1. The highest BCUT2D eigenvalue weighted by atomic mass is 16.5. The quantitative estimate of drug-likeness (QED) is 0.346. The number of rotatable bonds is 7. The Hall–Kier alpha value is -4.07. The summed E-state index contributed by atoms with van der Waals surface area (Å²) >= 11 is 0. The molecule has 0 atom stereocenters. The van der Waals surface area contributed by atoms with Crippen LogP contribution in [0, 0.1) is 0 Å². The van der Waals surface area contributed by atoms with Crippen LogP contribution in [0.1, 0.15) is 18.1 Å². The van der Waals surface area contributed by atoms with Gasteiger partial charge in [-0.05, 0) is 31.2 Å². The number of nitrogens with one attached hydrogen (secondary N) is 1. The van der Waals surface area contributed by atoms with Crippen LogP contribution in [0.5, 0.6) is 5.75 Å². The van der Waals surface area contributed by atoms with Crippen LogP contribution in [-0.2, 0) is 20.9 Å². The van der Waals surface area contributed by atoms with Crippen molar-refractivity contribution in [3.8, 4) is 5.75 Å². The normalized spacial score (nSPS) is 10.8. The van der Waals surface area contributed by atoms with Gasteiger partial charge in [0.2, 0.25) is 0 Å². The number of carbonyl (C=O) groups is 2. The Morgan fingerprint density at radius 3 is 2.68 bits per heavy atom. The molecule has 0 saturated carbocycles. The Labute approximate surface area is 178 Å². The minimum absolute atomic E-state index is 0.123. The number of benzene rings is 2. The summed E-state index contributed by atoms with van der Waals surface area (Å²) in [6.45, 7) is 1.80. The highest BCUT2D eigenvalue weighted by molar-refractivity contribution is 5.90. The van der Waals surface area contributed by atoms with Crippen LogP contribution in [0.15, 0.2) is 63.8 Å².